The van der Waals surface area contributed by atoms with Gasteiger partial charge in [0.2, 0.25) is 10.0 Å². The second-order valence-electron chi connectivity index (χ2n) is 4.68. The molecule has 1 aromatic carbocycles. The van der Waals surface area contributed by atoms with Crippen LogP contribution in [0.4, 0.5) is 0 Å². The Morgan fingerprint density at radius 1 is 1.26 bits per heavy atom. The van der Waals surface area contributed by atoms with Gasteiger partial charge in [-0.1, -0.05) is 28.8 Å². The lowest BCUT2D eigenvalue weighted by Crippen LogP contribution is -2.32. The van der Waals surface area contributed by atoms with Crippen molar-refractivity contribution in [1.29, 1.82) is 0 Å². The largest absolute Gasteiger partial charge is 0.349 e. The fourth-order valence-electron chi connectivity index (χ4n) is 2.20. The van der Waals surface area contributed by atoms with Crippen LogP contribution in [0.3, 0.4) is 0 Å². The van der Waals surface area contributed by atoms with Crippen LogP contribution < -0.4 is 10.5 Å². The number of carbonyl (C=O) groups is 1. The molecule has 0 aromatic heterocycles. The van der Waals surface area contributed by atoms with E-state index in [9.17, 15) is 13.2 Å². The molecule has 0 radical (unpaired) electrons. The van der Waals surface area contributed by atoms with Gasteiger partial charge in [-0.2, -0.15) is 0 Å². The molecule has 1 aromatic rings. The summed E-state index contributed by atoms with van der Waals surface area (Å²) in [7, 11) is -3.82. The van der Waals surface area contributed by atoms with Gasteiger partial charge in [0.05, 0.1) is 4.90 Å². The Hall–Kier alpha value is -0.920. The molecule has 1 saturated carbocycles. The molecule has 0 atom stereocenters. The number of primary sulfonamides is 1. The number of sulfonamides is 1. The van der Waals surface area contributed by atoms with Crippen LogP contribution in [-0.2, 0) is 10.0 Å². The maximum absolute atomic E-state index is 12.1. The summed E-state index contributed by atoms with van der Waals surface area (Å²) in [5.41, 5.74) is 0.297. The molecule has 1 aliphatic carbocycles. The lowest BCUT2D eigenvalue weighted by molar-refractivity contribution is 0.0937. The smallest absolute Gasteiger partial charge is 0.251 e. The average Bonchev–Trinajstić information content (AvgIpc) is 2.79. The Kier molecular flexibility index (Phi) is 4.27. The Bertz CT molecular complexity index is 595. The van der Waals surface area contributed by atoms with E-state index in [4.69, 9.17) is 5.14 Å². The molecule has 0 aliphatic heterocycles. The van der Waals surface area contributed by atoms with Crippen LogP contribution in [0.2, 0.25) is 0 Å². The highest BCUT2D eigenvalue weighted by Crippen LogP contribution is 2.21. The van der Waals surface area contributed by atoms with Gasteiger partial charge in [0, 0.05) is 16.1 Å². The first-order chi connectivity index (χ1) is 8.86. The number of nitrogens with two attached hydrogens (primary N) is 1. The molecule has 0 heterocycles. The summed E-state index contributed by atoms with van der Waals surface area (Å²) in [5, 5.41) is 7.98. The van der Waals surface area contributed by atoms with E-state index in [2.05, 4.69) is 21.2 Å². The standard InChI is InChI=1S/C12H15BrN2O3S/c13-9-5-8(6-11(7-9)19(14,17)18)12(16)15-10-3-1-2-4-10/h5-7,10H,1-4H2,(H,15,16)(H2,14,17,18). The van der Waals surface area contributed by atoms with Crippen molar-refractivity contribution < 1.29 is 13.2 Å². The van der Waals surface area contributed by atoms with E-state index in [-0.39, 0.29) is 16.8 Å². The molecule has 1 aliphatic rings. The van der Waals surface area contributed by atoms with Gasteiger partial charge >= 0.3 is 0 Å². The van der Waals surface area contributed by atoms with Crippen molar-refractivity contribution >= 4 is 31.9 Å². The van der Waals surface area contributed by atoms with Crippen LogP contribution in [0, 0.1) is 0 Å². The van der Waals surface area contributed by atoms with Gasteiger partial charge in [0.25, 0.3) is 5.91 Å². The summed E-state index contributed by atoms with van der Waals surface area (Å²) in [6.45, 7) is 0. The highest BCUT2D eigenvalue weighted by molar-refractivity contribution is 9.10. The summed E-state index contributed by atoms with van der Waals surface area (Å²) in [6.07, 6.45) is 4.18. The second kappa shape index (κ2) is 5.60. The summed E-state index contributed by atoms with van der Waals surface area (Å²) >= 11 is 3.19. The number of carbonyl (C=O) groups excluding carboxylic acids is 1. The van der Waals surface area contributed by atoms with Crippen molar-refractivity contribution in [2.24, 2.45) is 5.14 Å². The minimum atomic E-state index is -3.82. The van der Waals surface area contributed by atoms with E-state index >= 15 is 0 Å². The van der Waals surface area contributed by atoms with Crippen molar-refractivity contribution in [2.45, 2.75) is 36.6 Å². The van der Waals surface area contributed by atoms with Crippen LogP contribution in [0.15, 0.2) is 27.6 Å². The number of amides is 1. The van der Waals surface area contributed by atoms with Crippen molar-refractivity contribution in [2.75, 3.05) is 0 Å². The van der Waals surface area contributed by atoms with Crippen LogP contribution in [0.25, 0.3) is 0 Å². The monoisotopic (exact) mass is 346 g/mol. The number of benzene rings is 1. The molecule has 1 amide bonds. The highest BCUT2D eigenvalue weighted by atomic mass is 79.9. The molecule has 0 saturated heterocycles. The van der Waals surface area contributed by atoms with Gasteiger partial charge in [-0.05, 0) is 31.0 Å². The van der Waals surface area contributed by atoms with Crippen molar-refractivity contribution in [1.82, 2.24) is 5.32 Å². The van der Waals surface area contributed by atoms with Gasteiger partial charge in [0.15, 0.2) is 0 Å². The SMILES string of the molecule is NS(=O)(=O)c1cc(Br)cc(C(=O)NC2CCCC2)c1. The normalized spacial score (nSPS) is 16.5. The first kappa shape index (κ1) is 14.5. The first-order valence-electron chi connectivity index (χ1n) is 6.00. The maximum atomic E-state index is 12.1. The van der Waals surface area contributed by atoms with Gasteiger partial charge in [-0.3, -0.25) is 4.79 Å². The Balaban J connectivity index is 2.24. The molecule has 19 heavy (non-hydrogen) atoms. The molecule has 5 nitrogen and oxygen atoms in total. The number of hydrogen-bond acceptors (Lipinski definition) is 3. The zero-order valence-electron chi connectivity index (χ0n) is 10.2. The van der Waals surface area contributed by atoms with Crippen LogP contribution in [0.1, 0.15) is 36.0 Å². The third kappa shape index (κ3) is 3.77. The molecule has 0 bridgehead atoms. The van der Waals surface area contributed by atoms with E-state index in [0.717, 1.165) is 25.7 Å². The molecule has 1 fully saturated rings. The number of hydrogen-bond donors (Lipinski definition) is 2. The van der Waals surface area contributed by atoms with Crippen LogP contribution in [0.5, 0.6) is 0 Å². The number of nitrogens with one attached hydrogen (secondary N) is 1. The number of rotatable bonds is 3. The molecule has 7 heteroatoms. The Labute approximate surface area is 120 Å². The van der Waals surface area contributed by atoms with Crippen LogP contribution >= 0.6 is 15.9 Å². The van der Waals surface area contributed by atoms with Gasteiger partial charge in [0.1, 0.15) is 0 Å². The molecule has 104 valence electrons. The lowest BCUT2D eigenvalue weighted by atomic mass is 10.2. The summed E-state index contributed by atoms with van der Waals surface area (Å²) in [4.78, 5) is 12.0. The lowest BCUT2D eigenvalue weighted by Gasteiger charge is -2.12. The highest BCUT2D eigenvalue weighted by Gasteiger charge is 2.19. The second-order valence-corrected chi connectivity index (χ2v) is 7.15. The minimum absolute atomic E-state index is 0.0709. The van der Waals surface area contributed by atoms with E-state index in [0.29, 0.717) is 10.0 Å². The van der Waals surface area contributed by atoms with Crippen LogP contribution in [-0.4, -0.2) is 20.4 Å². The van der Waals surface area contributed by atoms with Gasteiger partial charge < -0.3 is 5.32 Å². The predicted molar refractivity (Wildman–Crippen MR) is 75.2 cm³/mol. The zero-order chi connectivity index (χ0) is 14.0. The van der Waals surface area contributed by atoms with Crippen molar-refractivity contribution in [3.8, 4) is 0 Å². The molecule has 0 unspecified atom stereocenters. The van der Waals surface area contributed by atoms with Crippen molar-refractivity contribution in [3.05, 3.63) is 28.2 Å². The fourth-order valence-corrected chi connectivity index (χ4v) is 3.42. The summed E-state index contributed by atoms with van der Waals surface area (Å²) in [6, 6.07) is 4.44. The van der Waals surface area contributed by atoms with E-state index in [1.165, 1.54) is 12.1 Å². The zero-order valence-corrected chi connectivity index (χ0v) is 12.6. The third-order valence-corrected chi connectivity index (χ3v) is 4.50. The molecule has 2 rings (SSSR count). The summed E-state index contributed by atoms with van der Waals surface area (Å²) in [5.74, 6) is -0.266. The Morgan fingerprint density at radius 2 is 1.89 bits per heavy atom. The Morgan fingerprint density at radius 3 is 2.47 bits per heavy atom. The first-order valence-corrected chi connectivity index (χ1v) is 8.34. The van der Waals surface area contributed by atoms with Gasteiger partial charge in [-0.25, -0.2) is 13.6 Å². The topological polar surface area (TPSA) is 89.3 Å². The van der Waals surface area contributed by atoms with E-state index in [1.54, 1.807) is 6.07 Å². The molecule has 3 N–H and O–H groups in total. The molecular formula is C12H15BrN2O3S. The van der Waals surface area contributed by atoms with E-state index < -0.39 is 10.0 Å². The minimum Gasteiger partial charge on any atom is -0.349 e. The van der Waals surface area contributed by atoms with Gasteiger partial charge in [-0.15, -0.1) is 0 Å². The summed E-state index contributed by atoms with van der Waals surface area (Å²) < 4.78 is 23.2. The quantitative estimate of drug-likeness (QED) is 0.873. The molecular weight excluding hydrogens is 332 g/mol. The average molecular weight is 347 g/mol. The predicted octanol–water partition coefficient (Wildman–Crippen LogP) is 1.77. The van der Waals surface area contributed by atoms with E-state index in [1.807, 2.05) is 0 Å². The number of halogens is 1. The third-order valence-electron chi connectivity index (χ3n) is 3.15. The molecule has 0 spiro atoms. The van der Waals surface area contributed by atoms with Crippen molar-refractivity contribution in [3.63, 3.8) is 0 Å². The fraction of sp³-hybridized carbons (Fsp3) is 0.417. The maximum Gasteiger partial charge on any atom is 0.251 e.